The molecule has 3 aromatic rings. The zero-order valence-electron chi connectivity index (χ0n) is 17.7. The van der Waals surface area contributed by atoms with Crippen LogP contribution in [0.1, 0.15) is 28.3 Å². The van der Waals surface area contributed by atoms with Gasteiger partial charge in [-0.1, -0.05) is 24.3 Å². The number of nitrogens with zero attached hydrogens (tertiary/aromatic N) is 4. The summed E-state index contributed by atoms with van der Waals surface area (Å²) >= 11 is 0. The van der Waals surface area contributed by atoms with Crippen LogP contribution in [0.2, 0.25) is 0 Å². The van der Waals surface area contributed by atoms with Gasteiger partial charge in [-0.25, -0.2) is 9.38 Å². The van der Waals surface area contributed by atoms with Crippen molar-refractivity contribution >= 4 is 5.96 Å². The monoisotopic (exact) mass is 410 g/mol. The average molecular weight is 410 g/mol. The maximum atomic E-state index is 13.8. The molecule has 30 heavy (non-hydrogen) atoms. The lowest BCUT2D eigenvalue weighted by atomic mass is 10.1. The summed E-state index contributed by atoms with van der Waals surface area (Å²) in [6.07, 6.45) is 0. The van der Waals surface area contributed by atoms with Gasteiger partial charge in [0.1, 0.15) is 17.4 Å². The third-order valence-electron chi connectivity index (χ3n) is 4.87. The van der Waals surface area contributed by atoms with Gasteiger partial charge >= 0.3 is 0 Å². The predicted molar refractivity (Wildman–Crippen MR) is 115 cm³/mol. The summed E-state index contributed by atoms with van der Waals surface area (Å²) in [7, 11) is 3.56. The van der Waals surface area contributed by atoms with Crippen LogP contribution in [0, 0.1) is 19.7 Å². The molecule has 1 aromatic heterocycles. The molecule has 1 heterocycles. The molecule has 0 atom stereocenters. The van der Waals surface area contributed by atoms with Crippen molar-refractivity contribution in [2.75, 3.05) is 7.11 Å². The molecule has 0 bridgehead atoms. The van der Waals surface area contributed by atoms with E-state index in [0.717, 1.165) is 28.5 Å². The number of nitrogens with one attached hydrogen (secondary N) is 2. The maximum Gasteiger partial charge on any atom is 0.192 e. The summed E-state index contributed by atoms with van der Waals surface area (Å²) < 4.78 is 21.0. The quantitative estimate of drug-likeness (QED) is 0.463. The number of ether oxygens (including phenoxy) is 1. The number of guanidine groups is 1. The minimum absolute atomic E-state index is 0.224. The fourth-order valence-electron chi connectivity index (χ4n) is 2.78. The van der Waals surface area contributed by atoms with Crippen molar-refractivity contribution in [2.24, 2.45) is 12.0 Å². The number of aromatic nitrogens is 3. The van der Waals surface area contributed by atoms with Gasteiger partial charge in [0.2, 0.25) is 0 Å². The van der Waals surface area contributed by atoms with Gasteiger partial charge in [0, 0.05) is 13.6 Å². The van der Waals surface area contributed by atoms with Crippen molar-refractivity contribution in [1.82, 2.24) is 25.4 Å². The fourth-order valence-corrected chi connectivity index (χ4v) is 2.78. The van der Waals surface area contributed by atoms with Crippen LogP contribution in [0.4, 0.5) is 4.39 Å². The highest BCUT2D eigenvalue weighted by Crippen LogP contribution is 2.12. The highest BCUT2D eigenvalue weighted by Gasteiger charge is 2.07. The first-order valence-electron chi connectivity index (χ1n) is 9.71. The van der Waals surface area contributed by atoms with Crippen molar-refractivity contribution in [3.05, 3.63) is 76.6 Å². The van der Waals surface area contributed by atoms with Crippen molar-refractivity contribution in [2.45, 2.75) is 33.5 Å². The Morgan fingerprint density at radius 3 is 2.37 bits per heavy atom. The second kappa shape index (κ2) is 9.87. The molecule has 0 spiro atoms. The van der Waals surface area contributed by atoms with Crippen molar-refractivity contribution in [3.63, 3.8) is 0 Å². The molecule has 2 aromatic carbocycles. The Morgan fingerprint density at radius 1 is 1.03 bits per heavy atom. The topological polar surface area (TPSA) is 76.4 Å². The zero-order valence-corrected chi connectivity index (χ0v) is 17.7. The Bertz CT molecular complexity index is 1010. The van der Waals surface area contributed by atoms with Gasteiger partial charge in [-0.05, 0) is 48.7 Å². The molecule has 0 saturated carbocycles. The van der Waals surface area contributed by atoms with E-state index in [2.05, 4.69) is 25.8 Å². The van der Waals surface area contributed by atoms with Gasteiger partial charge in [-0.3, -0.25) is 0 Å². The molecule has 0 aliphatic carbocycles. The Morgan fingerprint density at radius 2 is 1.73 bits per heavy atom. The van der Waals surface area contributed by atoms with Crippen LogP contribution in [0.5, 0.6) is 5.75 Å². The van der Waals surface area contributed by atoms with E-state index in [0.29, 0.717) is 31.2 Å². The van der Waals surface area contributed by atoms with Crippen LogP contribution in [-0.2, 0) is 26.7 Å². The van der Waals surface area contributed by atoms with Gasteiger partial charge < -0.3 is 19.9 Å². The van der Waals surface area contributed by atoms with Crippen LogP contribution >= 0.6 is 0 Å². The molecule has 0 amide bonds. The summed E-state index contributed by atoms with van der Waals surface area (Å²) in [6, 6.07) is 13.0. The highest BCUT2D eigenvalue weighted by atomic mass is 19.1. The molecule has 158 valence electrons. The number of halogens is 1. The second-order valence-electron chi connectivity index (χ2n) is 7.03. The highest BCUT2D eigenvalue weighted by molar-refractivity contribution is 5.79. The first kappa shape index (κ1) is 21.3. The minimum Gasteiger partial charge on any atom is -0.497 e. The molecule has 0 aliphatic heterocycles. The fraction of sp³-hybridized carbons (Fsp3) is 0.318. The molecule has 0 unspecified atom stereocenters. The van der Waals surface area contributed by atoms with Gasteiger partial charge in [0.15, 0.2) is 11.8 Å². The van der Waals surface area contributed by atoms with Crippen LogP contribution in [0.15, 0.2) is 47.5 Å². The lowest BCUT2D eigenvalue weighted by Crippen LogP contribution is -2.37. The number of aryl methyl sites for hydroxylation is 2. The molecular formula is C22H27FN6O. The summed E-state index contributed by atoms with van der Waals surface area (Å²) in [5, 5.41) is 14.8. The lowest BCUT2D eigenvalue weighted by Gasteiger charge is -2.13. The predicted octanol–water partition coefficient (Wildman–Crippen LogP) is 3.02. The number of benzene rings is 2. The third-order valence-corrected chi connectivity index (χ3v) is 4.87. The van der Waals surface area contributed by atoms with E-state index < -0.39 is 0 Å². The normalized spacial score (nSPS) is 11.4. The lowest BCUT2D eigenvalue weighted by molar-refractivity contribution is 0.414. The average Bonchev–Trinajstić information content (AvgIpc) is 3.08. The summed E-state index contributed by atoms with van der Waals surface area (Å²) in [4.78, 5) is 4.61. The van der Waals surface area contributed by atoms with Crippen LogP contribution in [0.25, 0.3) is 0 Å². The van der Waals surface area contributed by atoms with E-state index >= 15 is 0 Å². The van der Waals surface area contributed by atoms with E-state index in [9.17, 15) is 4.39 Å². The Balaban J connectivity index is 1.70. The number of methoxy groups -OCH3 is 1. The number of rotatable bonds is 7. The molecule has 3 rings (SSSR count). The molecule has 0 fully saturated rings. The van der Waals surface area contributed by atoms with Crippen molar-refractivity contribution < 1.29 is 9.13 Å². The Labute approximate surface area is 176 Å². The SMILES string of the molecule is COc1ccc(CNC(=NCc2ccc(C)c(F)c2)NCc2nnc(C)n2C)cc1. The molecule has 7 nitrogen and oxygen atoms in total. The third kappa shape index (κ3) is 5.56. The first-order valence-corrected chi connectivity index (χ1v) is 9.71. The smallest absolute Gasteiger partial charge is 0.192 e. The number of hydrogen-bond acceptors (Lipinski definition) is 4. The van der Waals surface area contributed by atoms with E-state index in [1.165, 1.54) is 6.07 Å². The van der Waals surface area contributed by atoms with Gasteiger partial charge in [0.25, 0.3) is 0 Å². The van der Waals surface area contributed by atoms with E-state index in [-0.39, 0.29) is 5.82 Å². The largest absolute Gasteiger partial charge is 0.497 e. The second-order valence-corrected chi connectivity index (χ2v) is 7.03. The standard InChI is InChI=1S/C22H27FN6O/c1-15-5-6-18(11-20(15)23)13-25-22(26-14-21-28-27-16(2)29(21)3)24-12-17-7-9-19(30-4)10-8-17/h5-11H,12-14H2,1-4H3,(H2,24,25,26). The number of aliphatic imine (C=N–C) groups is 1. The van der Waals surface area contributed by atoms with E-state index in [1.54, 1.807) is 20.1 Å². The molecule has 0 radical (unpaired) electrons. The molecule has 0 aliphatic rings. The molecular weight excluding hydrogens is 383 g/mol. The van der Waals surface area contributed by atoms with Crippen LogP contribution in [0.3, 0.4) is 0 Å². The van der Waals surface area contributed by atoms with E-state index in [4.69, 9.17) is 4.74 Å². The number of hydrogen-bond donors (Lipinski definition) is 2. The van der Waals surface area contributed by atoms with E-state index in [1.807, 2.05) is 48.9 Å². The first-order chi connectivity index (χ1) is 14.5. The Kier molecular flexibility index (Phi) is 7.00. The van der Waals surface area contributed by atoms with Crippen molar-refractivity contribution in [1.29, 1.82) is 0 Å². The maximum absolute atomic E-state index is 13.8. The van der Waals surface area contributed by atoms with Gasteiger partial charge in [0.05, 0.1) is 20.2 Å². The van der Waals surface area contributed by atoms with Gasteiger partial charge in [-0.15, -0.1) is 10.2 Å². The zero-order chi connectivity index (χ0) is 21.5. The molecule has 8 heteroatoms. The molecule has 2 N–H and O–H groups in total. The van der Waals surface area contributed by atoms with Crippen LogP contribution < -0.4 is 15.4 Å². The minimum atomic E-state index is -0.224. The molecule has 0 saturated heterocycles. The summed E-state index contributed by atoms with van der Waals surface area (Å²) in [5.74, 6) is 2.83. The van der Waals surface area contributed by atoms with Crippen molar-refractivity contribution in [3.8, 4) is 5.75 Å². The summed E-state index contributed by atoms with van der Waals surface area (Å²) in [5.41, 5.74) is 2.51. The summed E-state index contributed by atoms with van der Waals surface area (Å²) in [6.45, 7) is 5.05. The van der Waals surface area contributed by atoms with Gasteiger partial charge in [-0.2, -0.15) is 0 Å². The van der Waals surface area contributed by atoms with Crippen LogP contribution in [-0.4, -0.2) is 27.8 Å². The Hall–Kier alpha value is -3.42.